The van der Waals surface area contributed by atoms with Gasteiger partial charge in [-0.2, -0.15) is 4.98 Å². The Morgan fingerprint density at radius 3 is 3.06 bits per heavy atom. The number of halogens is 1. The van der Waals surface area contributed by atoms with Crippen LogP contribution in [0, 0.1) is 0 Å². The number of aromatic nitrogens is 3. The van der Waals surface area contributed by atoms with Gasteiger partial charge in [-0.05, 0) is 19.8 Å². The summed E-state index contributed by atoms with van der Waals surface area (Å²) in [5.74, 6) is 0.771. The van der Waals surface area contributed by atoms with Crippen molar-refractivity contribution in [3.63, 3.8) is 0 Å². The van der Waals surface area contributed by atoms with Crippen molar-refractivity contribution in [1.82, 2.24) is 15.2 Å². The van der Waals surface area contributed by atoms with E-state index in [2.05, 4.69) is 20.5 Å². The summed E-state index contributed by atoms with van der Waals surface area (Å²) in [6, 6.07) is 0.235. The van der Waals surface area contributed by atoms with Crippen LogP contribution in [-0.2, 0) is 4.79 Å². The van der Waals surface area contributed by atoms with Gasteiger partial charge in [0, 0.05) is 12.3 Å². The molecule has 0 saturated carbocycles. The number of hydrogen-bond donors (Lipinski definition) is 2. The van der Waals surface area contributed by atoms with Crippen LogP contribution in [0.4, 0.5) is 5.95 Å². The number of nitrogens with one attached hydrogen (secondary N) is 2. The van der Waals surface area contributed by atoms with Gasteiger partial charge in [0.25, 0.3) is 0 Å². The zero-order chi connectivity index (χ0) is 11.8. The highest BCUT2D eigenvalue weighted by molar-refractivity contribution is 6.17. The molecule has 1 rings (SSSR count). The molecule has 0 bridgehead atoms. The maximum absolute atomic E-state index is 11.4. The molecule has 0 unspecified atom stereocenters. The van der Waals surface area contributed by atoms with Crippen LogP contribution in [-0.4, -0.2) is 33.6 Å². The molecular weight excluding hydrogens is 232 g/mol. The van der Waals surface area contributed by atoms with Gasteiger partial charge in [-0.1, -0.05) is 0 Å². The third kappa shape index (κ3) is 4.48. The molecule has 0 aliphatic heterocycles. The number of hydrogen-bond acceptors (Lipinski definition) is 4. The van der Waals surface area contributed by atoms with E-state index < -0.39 is 0 Å². The summed E-state index contributed by atoms with van der Waals surface area (Å²) in [7, 11) is 0. The lowest BCUT2D eigenvalue weighted by atomic mass is 10.2. The second-order valence-electron chi connectivity index (χ2n) is 3.09. The van der Waals surface area contributed by atoms with Crippen LogP contribution in [0.15, 0.2) is 0 Å². The summed E-state index contributed by atoms with van der Waals surface area (Å²) in [4.78, 5) is 15.3. The van der Waals surface area contributed by atoms with Crippen molar-refractivity contribution in [2.45, 2.75) is 26.2 Å². The largest absolute Gasteiger partial charge is 0.463 e. The third-order valence-electron chi connectivity index (χ3n) is 1.78. The number of carbonyl (C=O) groups excluding carboxylic acids is 1. The molecule has 0 fully saturated rings. The van der Waals surface area contributed by atoms with Crippen LogP contribution in [0.3, 0.4) is 0 Å². The van der Waals surface area contributed by atoms with Crippen LogP contribution in [0.1, 0.15) is 26.2 Å². The van der Waals surface area contributed by atoms with Crippen molar-refractivity contribution in [2.75, 3.05) is 17.8 Å². The number of aromatic amines is 1. The Morgan fingerprint density at radius 2 is 2.38 bits per heavy atom. The lowest BCUT2D eigenvalue weighted by Crippen LogP contribution is -2.12. The van der Waals surface area contributed by atoms with Gasteiger partial charge in [-0.25, -0.2) is 5.10 Å². The van der Waals surface area contributed by atoms with E-state index in [1.807, 2.05) is 6.92 Å². The van der Waals surface area contributed by atoms with E-state index in [9.17, 15) is 4.79 Å². The smallest absolute Gasteiger partial charge is 0.337 e. The van der Waals surface area contributed by atoms with Crippen molar-refractivity contribution in [1.29, 1.82) is 0 Å². The number of ether oxygens (including phenoxy) is 1. The highest BCUT2D eigenvalue weighted by atomic mass is 35.5. The number of carbonyl (C=O) groups is 1. The van der Waals surface area contributed by atoms with Gasteiger partial charge in [-0.3, -0.25) is 10.1 Å². The Hall–Kier alpha value is -1.30. The van der Waals surface area contributed by atoms with Gasteiger partial charge in [0.1, 0.15) is 0 Å². The lowest BCUT2D eigenvalue weighted by Gasteiger charge is -1.99. The molecule has 0 atom stereocenters. The predicted octanol–water partition coefficient (Wildman–Crippen LogP) is 1.55. The first kappa shape index (κ1) is 12.8. The molecule has 1 aromatic heterocycles. The standard InChI is InChI=1S/C9H15ClN4O2/c1-2-16-9-12-8(13-14-9)11-7(15)5-3-4-6-10/h2-6H2,1H3,(H2,11,12,13,14,15). The number of H-pyrrole nitrogens is 1. The Bertz CT molecular complexity index is 329. The summed E-state index contributed by atoms with van der Waals surface area (Å²) in [5, 5.41) is 8.92. The quantitative estimate of drug-likeness (QED) is 0.565. The fourth-order valence-electron chi connectivity index (χ4n) is 1.07. The van der Waals surface area contributed by atoms with E-state index in [1.165, 1.54) is 0 Å². The molecule has 6 nitrogen and oxygen atoms in total. The summed E-state index contributed by atoms with van der Waals surface area (Å²) >= 11 is 5.51. The molecule has 1 heterocycles. The number of nitrogens with zero attached hydrogens (tertiary/aromatic N) is 2. The molecular formula is C9H15ClN4O2. The Morgan fingerprint density at radius 1 is 1.56 bits per heavy atom. The molecule has 1 aromatic rings. The van der Waals surface area contributed by atoms with E-state index in [-0.39, 0.29) is 11.9 Å². The van der Waals surface area contributed by atoms with E-state index in [4.69, 9.17) is 16.3 Å². The molecule has 0 saturated heterocycles. The van der Waals surface area contributed by atoms with Gasteiger partial charge < -0.3 is 4.74 Å². The van der Waals surface area contributed by atoms with Gasteiger partial charge >= 0.3 is 6.01 Å². The minimum absolute atomic E-state index is 0.107. The number of alkyl halides is 1. The molecule has 16 heavy (non-hydrogen) atoms. The zero-order valence-corrected chi connectivity index (χ0v) is 9.88. The fraction of sp³-hybridized carbons (Fsp3) is 0.667. The lowest BCUT2D eigenvalue weighted by molar-refractivity contribution is -0.116. The molecule has 0 aliphatic rings. The topological polar surface area (TPSA) is 79.9 Å². The van der Waals surface area contributed by atoms with Crippen molar-refractivity contribution < 1.29 is 9.53 Å². The van der Waals surface area contributed by atoms with Crippen molar-refractivity contribution in [3.8, 4) is 6.01 Å². The Kier molecular flexibility index (Phi) is 5.63. The average molecular weight is 247 g/mol. The van der Waals surface area contributed by atoms with E-state index in [0.29, 0.717) is 24.9 Å². The summed E-state index contributed by atoms with van der Waals surface area (Å²) in [6.07, 6.45) is 2.02. The van der Waals surface area contributed by atoms with Gasteiger partial charge in [0.05, 0.1) is 6.61 Å². The van der Waals surface area contributed by atoms with Crippen molar-refractivity contribution >= 4 is 23.5 Å². The van der Waals surface area contributed by atoms with Gasteiger partial charge in [0.2, 0.25) is 11.9 Å². The van der Waals surface area contributed by atoms with Crippen LogP contribution < -0.4 is 10.1 Å². The Balaban J connectivity index is 2.31. The van der Waals surface area contributed by atoms with E-state index in [0.717, 1.165) is 12.8 Å². The molecule has 2 N–H and O–H groups in total. The van der Waals surface area contributed by atoms with Gasteiger partial charge in [0.15, 0.2) is 0 Å². The summed E-state index contributed by atoms with van der Waals surface area (Å²) < 4.78 is 5.04. The SMILES string of the molecule is CCOc1n[nH]c(NC(=O)CCCCCl)n1. The third-order valence-corrected chi connectivity index (χ3v) is 2.05. The maximum atomic E-state index is 11.4. The van der Waals surface area contributed by atoms with Crippen LogP contribution in [0.5, 0.6) is 6.01 Å². The highest BCUT2D eigenvalue weighted by Gasteiger charge is 2.07. The number of amides is 1. The fourth-order valence-corrected chi connectivity index (χ4v) is 1.26. The molecule has 1 amide bonds. The second-order valence-corrected chi connectivity index (χ2v) is 3.47. The molecule has 0 radical (unpaired) electrons. The van der Waals surface area contributed by atoms with Crippen molar-refractivity contribution in [3.05, 3.63) is 0 Å². The molecule has 0 aliphatic carbocycles. The van der Waals surface area contributed by atoms with Crippen LogP contribution in [0.2, 0.25) is 0 Å². The summed E-state index contributed by atoms with van der Waals surface area (Å²) in [6.45, 7) is 2.32. The minimum Gasteiger partial charge on any atom is -0.463 e. The Labute approximate surface area is 98.7 Å². The van der Waals surface area contributed by atoms with Gasteiger partial charge in [-0.15, -0.1) is 16.7 Å². The van der Waals surface area contributed by atoms with Crippen molar-refractivity contribution in [2.24, 2.45) is 0 Å². The molecule has 0 aromatic carbocycles. The van der Waals surface area contributed by atoms with Crippen LogP contribution >= 0.6 is 11.6 Å². The summed E-state index contributed by atoms with van der Waals surface area (Å²) in [5.41, 5.74) is 0. The minimum atomic E-state index is -0.107. The average Bonchev–Trinajstić information content (AvgIpc) is 2.66. The maximum Gasteiger partial charge on any atom is 0.337 e. The zero-order valence-electron chi connectivity index (χ0n) is 9.12. The predicted molar refractivity (Wildman–Crippen MR) is 60.8 cm³/mol. The normalized spacial score (nSPS) is 10.1. The van der Waals surface area contributed by atoms with E-state index >= 15 is 0 Å². The molecule has 7 heteroatoms. The second kappa shape index (κ2) is 7.05. The first-order chi connectivity index (χ1) is 7.76. The van der Waals surface area contributed by atoms with Crippen LogP contribution in [0.25, 0.3) is 0 Å². The number of anilines is 1. The number of unbranched alkanes of at least 4 members (excludes halogenated alkanes) is 1. The first-order valence-corrected chi connectivity index (χ1v) is 5.70. The first-order valence-electron chi connectivity index (χ1n) is 5.17. The van der Waals surface area contributed by atoms with E-state index in [1.54, 1.807) is 0 Å². The monoisotopic (exact) mass is 246 g/mol. The molecule has 0 spiro atoms. The molecule has 90 valence electrons. The highest BCUT2D eigenvalue weighted by Crippen LogP contribution is 2.06. The number of rotatable bonds is 7.